The van der Waals surface area contributed by atoms with E-state index in [2.05, 4.69) is 0 Å². The van der Waals surface area contributed by atoms with Gasteiger partial charge < -0.3 is 15.2 Å². The molecule has 0 saturated heterocycles. The largest absolute Gasteiger partial charge is 0.462 e. The first-order valence-electron chi connectivity index (χ1n) is 5.83. The van der Waals surface area contributed by atoms with Gasteiger partial charge >= 0.3 is 5.97 Å². The van der Waals surface area contributed by atoms with Crippen LogP contribution < -0.4 is 5.73 Å². The molecule has 0 bridgehead atoms. The molecule has 4 heteroatoms. The molecule has 0 aromatic carbocycles. The molecule has 0 aromatic rings. The molecule has 16 heavy (non-hydrogen) atoms. The lowest BCUT2D eigenvalue weighted by atomic mass is 9.98. The summed E-state index contributed by atoms with van der Waals surface area (Å²) in [6.45, 7) is 8.33. The van der Waals surface area contributed by atoms with Gasteiger partial charge in [0.05, 0.1) is 12.2 Å². The van der Waals surface area contributed by atoms with E-state index in [1.807, 2.05) is 20.8 Å². The van der Waals surface area contributed by atoms with Crippen molar-refractivity contribution in [1.29, 1.82) is 0 Å². The number of rotatable bonds is 5. The van der Waals surface area contributed by atoms with Crippen molar-refractivity contribution < 1.29 is 14.3 Å². The minimum atomic E-state index is -0.818. The standard InChI is InChI=1S/C12H23NO3/c1-11(2,3)16-8-7-15-10(14)12(4,13)9-5-6-9/h9H,5-8,13H2,1-4H3. The Labute approximate surface area is 97.5 Å². The SMILES string of the molecule is CC(C)(C)OCCOC(=O)C(C)(N)C1CC1. The lowest BCUT2D eigenvalue weighted by Gasteiger charge is -2.23. The molecule has 1 atom stereocenters. The summed E-state index contributed by atoms with van der Waals surface area (Å²) in [4.78, 5) is 11.7. The van der Waals surface area contributed by atoms with Crippen molar-refractivity contribution >= 4 is 5.97 Å². The Morgan fingerprint density at radius 3 is 2.25 bits per heavy atom. The number of hydrogen-bond acceptors (Lipinski definition) is 4. The maximum atomic E-state index is 11.7. The van der Waals surface area contributed by atoms with E-state index in [0.29, 0.717) is 12.5 Å². The molecule has 94 valence electrons. The van der Waals surface area contributed by atoms with Crippen molar-refractivity contribution in [3.05, 3.63) is 0 Å². The zero-order chi connectivity index (χ0) is 12.4. The molecule has 0 radical (unpaired) electrons. The van der Waals surface area contributed by atoms with Crippen LogP contribution in [0.1, 0.15) is 40.5 Å². The molecule has 1 rings (SSSR count). The normalized spacial score (nSPS) is 20.3. The van der Waals surface area contributed by atoms with Crippen molar-refractivity contribution in [1.82, 2.24) is 0 Å². The molecule has 1 aliphatic rings. The van der Waals surface area contributed by atoms with Crippen LogP contribution in [0.2, 0.25) is 0 Å². The molecule has 1 saturated carbocycles. The third kappa shape index (κ3) is 4.10. The van der Waals surface area contributed by atoms with E-state index >= 15 is 0 Å². The minimum Gasteiger partial charge on any atom is -0.462 e. The van der Waals surface area contributed by atoms with Crippen molar-refractivity contribution in [2.24, 2.45) is 11.7 Å². The average Bonchev–Trinajstić information content (AvgIpc) is 2.93. The molecule has 4 nitrogen and oxygen atoms in total. The highest BCUT2D eigenvalue weighted by Gasteiger charge is 2.45. The van der Waals surface area contributed by atoms with E-state index in [9.17, 15) is 4.79 Å². The summed E-state index contributed by atoms with van der Waals surface area (Å²) in [6.07, 6.45) is 2.06. The first-order chi connectivity index (χ1) is 7.23. The smallest absolute Gasteiger partial charge is 0.326 e. The fraction of sp³-hybridized carbons (Fsp3) is 0.917. The van der Waals surface area contributed by atoms with Gasteiger partial charge in [0, 0.05) is 0 Å². The third-order valence-electron chi connectivity index (χ3n) is 2.72. The summed E-state index contributed by atoms with van der Waals surface area (Å²) in [6, 6.07) is 0. The highest BCUT2D eigenvalue weighted by atomic mass is 16.6. The predicted molar refractivity (Wildman–Crippen MR) is 62.0 cm³/mol. The molecule has 0 amide bonds. The van der Waals surface area contributed by atoms with Gasteiger partial charge in [-0.15, -0.1) is 0 Å². The number of carbonyl (C=O) groups is 1. The van der Waals surface area contributed by atoms with Crippen LogP contribution in [0, 0.1) is 5.92 Å². The van der Waals surface area contributed by atoms with Crippen LogP contribution in [0.25, 0.3) is 0 Å². The van der Waals surface area contributed by atoms with Gasteiger partial charge in [-0.2, -0.15) is 0 Å². The van der Waals surface area contributed by atoms with E-state index in [1.54, 1.807) is 6.92 Å². The maximum absolute atomic E-state index is 11.7. The molecule has 0 aromatic heterocycles. The minimum absolute atomic E-state index is 0.199. The number of carbonyl (C=O) groups excluding carboxylic acids is 1. The number of esters is 1. The lowest BCUT2D eigenvalue weighted by Crippen LogP contribution is -2.48. The second kappa shape index (κ2) is 4.72. The quantitative estimate of drug-likeness (QED) is 0.573. The topological polar surface area (TPSA) is 61.5 Å². The highest BCUT2D eigenvalue weighted by Crippen LogP contribution is 2.38. The van der Waals surface area contributed by atoms with Gasteiger partial charge in [-0.1, -0.05) is 0 Å². The molecular weight excluding hydrogens is 206 g/mol. The average molecular weight is 229 g/mol. The fourth-order valence-corrected chi connectivity index (χ4v) is 1.49. The second-order valence-corrected chi connectivity index (χ2v) is 5.65. The molecule has 0 heterocycles. The summed E-state index contributed by atoms with van der Waals surface area (Å²) < 4.78 is 10.6. The Balaban J connectivity index is 2.20. The number of nitrogens with two attached hydrogens (primary N) is 1. The zero-order valence-corrected chi connectivity index (χ0v) is 10.7. The van der Waals surface area contributed by atoms with Gasteiger partial charge in [0.15, 0.2) is 0 Å². The number of ether oxygens (including phenoxy) is 2. The Morgan fingerprint density at radius 1 is 1.25 bits per heavy atom. The van der Waals surface area contributed by atoms with Crippen LogP contribution >= 0.6 is 0 Å². The van der Waals surface area contributed by atoms with Crippen molar-refractivity contribution in [3.63, 3.8) is 0 Å². The van der Waals surface area contributed by atoms with E-state index < -0.39 is 5.54 Å². The van der Waals surface area contributed by atoms with Crippen molar-refractivity contribution in [2.45, 2.75) is 51.7 Å². The maximum Gasteiger partial charge on any atom is 0.326 e. The van der Waals surface area contributed by atoms with E-state index in [-0.39, 0.29) is 18.2 Å². The van der Waals surface area contributed by atoms with Crippen LogP contribution in [-0.2, 0) is 14.3 Å². The second-order valence-electron chi connectivity index (χ2n) is 5.65. The van der Waals surface area contributed by atoms with Crippen molar-refractivity contribution in [3.8, 4) is 0 Å². The molecule has 2 N–H and O–H groups in total. The molecule has 0 spiro atoms. The van der Waals surface area contributed by atoms with Crippen molar-refractivity contribution in [2.75, 3.05) is 13.2 Å². The first-order valence-corrected chi connectivity index (χ1v) is 5.83. The fourth-order valence-electron chi connectivity index (χ4n) is 1.49. The molecule has 1 aliphatic carbocycles. The molecule has 1 unspecified atom stereocenters. The summed E-state index contributed by atoms with van der Waals surface area (Å²) in [5.74, 6) is -0.0176. The van der Waals surface area contributed by atoms with Gasteiger partial charge in [-0.3, -0.25) is 4.79 Å². The number of hydrogen-bond donors (Lipinski definition) is 1. The van der Waals surface area contributed by atoms with Crippen LogP contribution in [0.15, 0.2) is 0 Å². The van der Waals surface area contributed by atoms with E-state index in [1.165, 1.54) is 0 Å². The highest BCUT2D eigenvalue weighted by molar-refractivity contribution is 5.80. The summed E-state index contributed by atoms with van der Waals surface area (Å²) in [5, 5.41) is 0. The van der Waals surface area contributed by atoms with Crippen LogP contribution in [0.5, 0.6) is 0 Å². The van der Waals surface area contributed by atoms with Gasteiger partial charge in [-0.25, -0.2) is 0 Å². The first kappa shape index (κ1) is 13.5. The lowest BCUT2D eigenvalue weighted by molar-refractivity contribution is -0.153. The summed E-state index contributed by atoms with van der Waals surface area (Å²) >= 11 is 0. The summed E-state index contributed by atoms with van der Waals surface area (Å²) in [7, 11) is 0. The monoisotopic (exact) mass is 229 g/mol. The van der Waals surface area contributed by atoms with Gasteiger partial charge in [0.1, 0.15) is 12.1 Å². The third-order valence-corrected chi connectivity index (χ3v) is 2.72. The molecule has 0 aliphatic heterocycles. The Bertz CT molecular complexity index is 251. The van der Waals surface area contributed by atoms with Gasteiger partial charge in [0.2, 0.25) is 0 Å². The Hall–Kier alpha value is -0.610. The van der Waals surface area contributed by atoms with Crippen LogP contribution in [-0.4, -0.2) is 30.3 Å². The molecular formula is C12H23NO3. The van der Waals surface area contributed by atoms with E-state index in [4.69, 9.17) is 15.2 Å². The zero-order valence-electron chi connectivity index (χ0n) is 10.7. The van der Waals surface area contributed by atoms with Gasteiger partial charge in [-0.05, 0) is 46.5 Å². The molecule has 1 fully saturated rings. The van der Waals surface area contributed by atoms with E-state index in [0.717, 1.165) is 12.8 Å². The van der Waals surface area contributed by atoms with Crippen LogP contribution in [0.4, 0.5) is 0 Å². The van der Waals surface area contributed by atoms with Crippen LogP contribution in [0.3, 0.4) is 0 Å². The Morgan fingerprint density at radius 2 is 1.81 bits per heavy atom. The van der Waals surface area contributed by atoms with Gasteiger partial charge in [0.25, 0.3) is 0 Å². The summed E-state index contributed by atoms with van der Waals surface area (Å²) in [5.41, 5.74) is 4.90. The predicted octanol–water partition coefficient (Wildman–Crippen LogP) is 1.47. The Kier molecular flexibility index (Phi) is 3.97.